The number of aromatic nitrogens is 2. The van der Waals surface area contributed by atoms with E-state index in [1.54, 1.807) is 11.3 Å². The first-order valence-corrected chi connectivity index (χ1v) is 8.52. The highest BCUT2D eigenvalue weighted by molar-refractivity contribution is 7.18. The summed E-state index contributed by atoms with van der Waals surface area (Å²) in [6, 6.07) is 28.5. The molecule has 4 aromatic rings. The Bertz CT molecular complexity index is 933. The minimum absolute atomic E-state index is 0.910. The highest BCUT2D eigenvalue weighted by Gasteiger charge is 2.12. The van der Waals surface area contributed by atoms with Gasteiger partial charge in [-0.2, -0.15) is 0 Å². The van der Waals surface area contributed by atoms with Gasteiger partial charge in [0.25, 0.3) is 0 Å². The second-order valence-electron chi connectivity index (χ2n) is 5.32. The van der Waals surface area contributed by atoms with E-state index in [-0.39, 0.29) is 0 Å². The molecule has 116 valence electrons. The fraction of sp³-hybridized carbons (Fsp3) is 0. The molecule has 0 atom stereocenters. The maximum absolute atomic E-state index is 4.39. The molecule has 0 fully saturated rings. The van der Waals surface area contributed by atoms with Gasteiger partial charge in [0.15, 0.2) is 0 Å². The summed E-state index contributed by atoms with van der Waals surface area (Å²) < 4.78 is 0. The van der Waals surface area contributed by atoms with Crippen molar-refractivity contribution < 1.29 is 0 Å². The number of rotatable bonds is 4. The summed E-state index contributed by atoms with van der Waals surface area (Å²) in [4.78, 5) is 0. The highest BCUT2D eigenvalue weighted by Crippen LogP contribution is 2.34. The van der Waals surface area contributed by atoms with Crippen LogP contribution in [0.3, 0.4) is 0 Å². The number of nitrogens with one attached hydrogen (secondary N) is 1. The molecule has 0 spiro atoms. The second kappa shape index (κ2) is 6.64. The summed E-state index contributed by atoms with van der Waals surface area (Å²) in [7, 11) is 0. The minimum Gasteiger partial charge on any atom is -0.355 e. The largest absolute Gasteiger partial charge is 0.355 e. The predicted molar refractivity (Wildman–Crippen MR) is 101 cm³/mol. The monoisotopic (exact) mass is 329 g/mol. The molecule has 0 radical (unpaired) electrons. The maximum Gasteiger partial charge on any atom is 0.150 e. The Hall–Kier alpha value is -2.98. The first-order chi connectivity index (χ1) is 11.9. The fourth-order valence-electron chi connectivity index (χ4n) is 2.49. The van der Waals surface area contributed by atoms with Gasteiger partial charge in [-0.25, -0.2) is 0 Å². The van der Waals surface area contributed by atoms with E-state index in [1.807, 2.05) is 60.7 Å². The lowest BCUT2D eigenvalue weighted by Gasteiger charge is -2.09. The molecule has 0 saturated carbocycles. The molecule has 0 unspecified atom stereocenters. The number of benzene rings is 3. The van der Waals surface area contributed by atoms with Crippen molar-refractivity contribution in [2.75, 3.05) is 5.32 Å². The molecule has 0 aliphatic rings. The van der Waals surface area contributed by atoms with E-state index in [0.717, 1.165) is 32.5 Å². The lowest BCUT2D eigenvalue weighted by atomic mass is 10.2. The van der Waals surface area contributed by atoms with Crippen molar-refractivity contribution >= 4 is 22.7 Å². The van der Waals surface area contributed by atoms with Crippen molar-refractivity contribution in [2.24, 2.45) is 0 Å². The molecule has 4 rings (SSSR count). The van der Waals surface area contributed by atoms with Gasteiger partial charge in [0.1, 0.15) is 10.0 Å². The second-order valence-corrected chi connectivity index (χ2v) is 6.29. The van der Waals surface area contributed by atoms with Crippen LogP contribution in [0, 0.1) is 0 Å². The van der Waals surface area contributed by atoms with Gasteiger partial charge in [-0.05, 0) is 24.3 Å². The SMILES string of the molecule is c1ccc(Nc2ccccc2-c2nnc(-c3ccccc3)s2)cc1. The van der Waals surface area contributed by atoms with Crippen molar-refractivity contribution in [1.82, 2.24) is 10.2 Å². The van der Waals surface area contributed by atoms with Crippen LogP contribution in [-0.4, -0.2) is 10.2 Å². The molecule has 3 aromatic carbocycles. The molecule has 3 nitrogen and oxygen atoms in total. The van der Waals surface area contributed by atoms with Crippen molar-refractivity contribution in [2.45, 2.75) is 0 Å². The quantitative estimate of drug-likeness (QED) is 0.528. The first kappa shape index (κ1) is 14.6. The van der Waals surface area contributed by atoms with E-state index in [4.69, 9.17) is 0 Å². The number of hydrogen-bond donors (Lipinski definition) is 1. The van der Waals surface area contributed by atoms with Gasteiger partial charge in [0.2, 0.25) is 0 Å². The number of nitrogens with zero attached hydrogens (tertiary/aromatic N) is 2. The van der Waals surface area contributed by atoms with E-state index in [9.17, 15) is 0 Å². The van der Waals surface area contributed by atoms with E-state index in [2.05, 4.69) is 39.8 Å². The molecule has 1 aromatic heterocycles. The Balaban J connectivity index is 1.69. The summed E-state index contributed by atoms with van der Waals surface area (Å²) in [6.07, 6.45) is 0. The van der Waals surface area contributed by atoms with Gasteiger partial charge in [-0.15, -0.1) is 10.2 Å². The van der Waals surface area contributed by atoms with E-state index in [0.29, 0.717) is 0 Å². The minimum atomic E-state index is 0.910. The third-order valence-electron chi connectivity index (χ3n) is 3.66. The molecule has 0 aliphatic carbocycles. The van der Waals surface area contributed by atoms with Crippen LogP contribution < -0.4 is 5.32 Å². The molecule has 0 aliphatic heterocycles. The topological polar surface area (TPSA) is 37.8 Å². The Kier molecular flexibility index (Phi) is 4.04. The van der Waals surface area contributed by atoms with Crippen LogP contribution in [0.2, 0.25) is 0 Å². The fourth-order valence-corrected chi connectivity index (χ4v) is 3.37. The molecular weight excluding hydrogens is 314 g/mol. The number of anilines is 2. The van der Waals surface area contributed by atoms with Crippen LogP contribution in [0.1, 0.15) is 0 Å². The average Bonchev–Trinajstić information content (AvgIpc) is 3.14. The van der Waals surface area contributed by atoms with Crippen molar-refractivity contribution in [3.8, 4) is 21.1 Å². The Labute approximate surface area is 144 Å². The van der Waals surface area contributed by atoms with Crippen LogP contribution >= 0.6 is 11.3 Å². The van der Waals surface area contributed by atoms with Gasteiger partial charge >= 0.3 is 0 Å². The zero-order valence-corrected chi connectivity index (χ0v) is 13.7. The van der Waals surface area contributed by atoms with E-state index in [1.165, 1.54) is 0 Å². The summed E-state index contributed by atoms with van der Waals surface area (Å²) in [5, 5.41) is 14.0. The van der Waals surface area contributed by atoms with Crippen LogP contribution in [0.5, 0.6) is 0 Å². The van der Waals surface area contributed by atoms with Gasteiger partial charge in [-0.3, -0.25) is 0 Å². The lowest BCUT2D eigenvalue weighted by Crippen LogP contribution is -1.92. The summed E-state index contributed by atoms with van der Waals surface area (Å²) >= 11 is 1.60. The van der Waals surface area contributed by atoms with Gasteiger partial charge in [-0.1, -0.05) is 72.0 Å². The van der Waals surface area contributed by atoms with Crippen molar-refractivity contribution in [3.05, 3.63) is 84.9 Å². The molecule has 4 heteroatoms. The molecular formula is C20H15N3S. The summed E-state index contributed by atoms with van der Waals surface area (Å²) in [5.74, 6) is 0. The van der Waals surface area contributed by atoms with Crippen molar-refractivity contribution in [1.29, 1.82) is 0 Å². The number of para-hydroxylation sites is 2. The van der Waals surface area contributed by atoms with E-state index < -0.39 is 0 Å². The zero-order chi connectivity index (χ0) is 16.2. The van der Waals surface area contributed by atoms with Crippen molar-refractivity contribution in [3.63, 3.8) is 0 Å². The first-order valence-electron chi connectivity index (χ1n) is 7.70. The standard InChI is InChI=1S/C20H15N3S/c1-3-9-15(10-4-1)19-22-23-20(24-19)17-13-7-8-14-18(17)21-16-11-5-2-6-12-16/h1-14,21H. The van der Waals surface area contributed by atoms with E-state index >= 15 is 0 Å². The predicted octanol–water partition coefficient (Wildman–Crippen LogP) is 5.62. The van der Waals surface area contributed by atoms with Gasteiger partial charge < -0.3 is 5.32 Å². The molecule has 0 saturated heterocycles. The Morgan fingerprint density at radius 3 is 2.04 bits per heavy atom. The summed E-state index contributed by atoms with van der Waals surface area (Å²) in [6.45, 7) is 0. The summed E-state index contributed by atoms with van der Waals surface area (Å²) in [5.41, 5.74) is 4.23. The van der Waals surface area contributed by atoms with Crippen LogP contribution in [0.4, 0.5) is 11.4 Å². The third-order valence-corrected chi connectivity index (χ3v) is 4.66. The smallest absolute Gasteiger partial charge is 0.150 e. The lowest BCUT2D eigenvalue weighted by molar-refractivity contribution is 1.10. The third kappa shape index (κ3) is 3.05. The van der Waals surface area contributed by atoms with Crippen LogP contribution in [0.25, 0.3) is 21.1 Å². The maximum atomic E-state index is 4.39. The molecule has 1 N–H and O–H groups in total. The normalized spacial score (nSPS) is 10.5. The molecule has 24 heavy (non-hydrogen) atoms. The van der Waals surface area contributed by atoms with Crippen LogP contribution in [-0.2, 0) is 0 Å². The van der Waals surface area contributed by atoms with Crippen LogP contribution in [0.15, 0.2) is 84.9 Å². The zero-order valence-electron chi connectivity index (χ0n) is 12.9. The van der Waals surface area contributed by atoms with Gasteiger partial charge in [0.05, 0.1) is 0 Å². The van der Waals surface area contributed by atoms with Gasteiger partial charge in [0, 0.05) is 22.5 Å². The Morgan fingerprint density at radius 2 is 1.25 bits per heavy atom. The molecule has 1 heterocycles. The highest BCUT2D eigenvalue weighted by atomic mass is 32.1. The molecule has 0 amide bonds. The Morgan fingerprint density at radius 1 is 0.625 bits per heavy atom. The number of hydrogen-bond acceptors (Lipinski definition) is 4. The molecule has 0 bridgehead atoms. The average molecular weight is 329 g/mol.